The molecule has 0 aromatic heterocycles. The molecule has 1 heterocycles. The molecular formula is C17H17NO5. The molecule has 3 rings (SSSR count). The zero-order valence-corrected chi connectivity index (χ0v) is 12.9. The van der Waals surface area contributed by atoms with E-state index in [1.54, 1.807) is 44.6 Å². The first-order valence-corrected chi connectivity index (χ1v) is 7.10. The van der Waals surface area contributed by atoms with Crippen LogP contribution in [-0.2, 0) is 11.2 Å². The molecule has 0 saturated heterocycles. The van der Waals surface area contributed by atoms with Gasteiger partial charge in [-0.05, 0) is 18.2 Å². The summed E-state index contributed by atoms with van der Waals surface area (Å²) in [5.74, 6) is 2.46. The normalized spacial score (nSPS) is 11.9. The molecule has 2 aromatic carbocycles. The molecule has 0 radical (unpaired) electrons. The first kappa shape index (κ1) is 15.0. The Hall–Kier alpha value is -2.89. The zero-order valence-electron chi connectivity index (χ0n) is 12.9. The Bertz CT molecular complexity index is 729. The first-order valence-electron chi connectivity index (χ1n) is 7.10. The number of benzene rings is 2. The SMILES string of the molecule is COc1ccc(CC(=O)Nc2ccc3c(c2)OCO3)c(OC)c1. The molecule has 6 nitrogen and oxygen atoms in total. The standard InChI is InChI=1S/C17H17NO5/c1-20-13-5-3-11(15(9-13)21-2)7-17(19)18-12-4-6-14-16(8-12)23-10-22-14/h3-6,8-9H,7,10H2,1-2H3,(H,18,19). The van der Waals surface area contributed by atoms with E-state index in [1.807, 2.05) is 6.07 Å². The number of methoxy groups -OCH3 is 2. The van der Waals surface area contributed by atoms with Gasteiger partial charge in [-0.1, -0.05) is 6.07 Å². The summed E-state index contributed by atoms with van der Waals surface area (Å²) in [4.78, 5) is 12.2. The van der Waals surface area contributed by atoms with Crippen molar-refractivity contribution < 1.29 is 23.7 Å². The third-order valence-electron chi connectivity index (χ3n) is 3.50. The van der Waals surface area contributed by atoms with E-state index in [0.717, 1.165) is 5.56 Å². The molecule has 0 atom stereocenters. The van der Waals surface area contributed by atoms with E-state index < -0.39 is 0 Å². The van der Waals surface area contributed by atoms with Crippen molar-refractivity contribution in [2.45, 2.75) is 6.42 Å². The summed E-state index contributed by atoms with van der Waals surface area (Å²) in [6.45, 7) is 0.204. The Morgan fingerprint density at radius 2 is 1.91 bits per heavy atom. The van der Waals surface area contributed by atoms with Crippen LogP contribution in [0.25, 0.3) is 0 Å². The van der Waals surface area contributed by atoms with Crippen molar-refractivity contribution in [3.05, 3.63) is 42.0 Å². The average Bonchev–Trinajstić information content (AvgIpc) is 3.02. The fraction of sp³-hybridized carbons (Fsp3) is 0.235. The van der Waals surface area contributed by atoms with Gasteiger partial charge in [0.05, 0.1) is 20.6 Å². The molecular weight excluding hydrogens is 298 g/mol. The minimum Gasteiger partial charge on any atom is -0.497 e. The van der Waals surface area contributed by atoms with Crippen LogP contribution < -0.4 is 24.3 Å². The highest BCUT2D eigenvalue weighted by Gasteiger charge is 2.15. The van der Waals surface area contributed by atoms with E-state index in [4.69, 9.17) is 18.9 Å². The van der Waals surface area contributed by atoms with Crippen molar-refractivity contribution in [1.29, 1.82) is 0 Å². The fourth-order valence-electron chi connectivity index (χ4n) is 2.35. The lowest BCUT2D eigenvalue weighted by molar-refractivity contribution is -0.115. The lowest BCUT2D eigenvalue weighted by Gasteiger charge is -2.11. The van der Waals surface area contributed by atoms with E-state index in [9.17, 15) is 4.79 Å². The van der Waals surface area contributed by atoms with Crippen molar-refractivity contribution in [3.63, 3.8) is 0 Å². The van der Waals surface area contributed by atoms with E-state index in [2.05, 4.69) is 5.32 Å². The number of ether oxygens (including phenoxy) is 4. The van der Waals surface area contributed by atoms with Crippen LogP contribution in [0.15, 0.2) is 36.4 Å². The molecule has 0 saturated carbocycles. The van der Waals surface area contributed by atoms with Crippen molar-refractivity contribution in [2.24, 2.45) is 0 Å². The predicted octanol–water partition coefficient (Wildman–Crippen LogP) is 2.61. The minimum absolute atomic E-state index is 0.146. The largest absolute Gasteiger partial charge is 0.497 e. The second-order valence-electron chi connectivity index (χ2n) is 4.97. The Morgan fingerprint density at radius 1 is 1.09 bits per heavy atom. The summed E-state index contributed by atoms with van der Waals surface area (Å²) in [5.41, 5.74) is 1.44. The maximum atomic E-state index is 12.2. The summed E-state index contributed by atoms with van der Waals surface area (Å²) in [6.07, 6.45) is 0.196. The smallest absolute Gasteiger partial charge is 0.231 e. The predicted molar refractivity (Wildman–Crippen MR) is 84.4 cm³/mol. The molecule has 120 valence electrons. The molecule has 0 fully saturated rings. The number of nitrogens with one attached hydrogen (secondary N) is 1. The molecule has 0 aliphatic carbocycles. The number of carbonyl (C=O) groups is 1. The van der Waals surface area contributed by atoms with Gasteiger partial charge in [0.25, 0.3) is 0 Å². The van der Waals surface area contributed by atoms with Crippen molar-refractivity contribution in [3.8, 4) is 23.0 Å². The summed E-state index contributed by atoms with van der Waals surface area (Å²) in [5, 5.41) is 2.84. The highest BCUT2D eigenvalue weighted by atomic mass is 16.7. The highest BCUT2D eigenvalue weighted by molar-refractivity contribution is 5.93. The number of rotatable bonds is 5. The molecule has 1 aliphatic rings. The molecule has 0 unspecified atom stereocenters. The first-order chi connectivity index (χ1) is 11.2. The Balaban J connectivity index is 1.70. The molecule has 0 spiro atoms. The number of carbonyl (C=O) groups excluding carboxylic acids is 1. The Morgan fingerprint density at radius 3 is 2.70 bits per heavy atom. The van der Waals surface area contributed by atoms with Gasteiger partial charge >= 0.3 is 0 Å². The van der Waals surface area contributed by atoms with Gasteiger partial charge in [-0.15, -0.1) is 0 Å². The monoisotopic (exact) mass is 315 g/mol. The fourth-order valence-corrected chi connectivity index (χ4v) is 2.35. The van der Waals surface area contributed by atoms with Crippen LogP contribution in [0, 0.1) is 0 Å². The number of amides is 1. The summed E-state index contributed by atoms with van der Waals surface area (Å²) < 4.78 is 21.0. The molecule has 0 bridgehead atoms. The van der Waals surface area contributed by atoms with E-state index in [-0.39, 0.29) is 19.1 Å². The van der Waals surface area contributed by atoms with Gasteiger partial charge in [0, 0.05) is 23.4 Å². The Kier molecular flexibility index (Phi) is 4.23. The third kappa shape index (κ3) is 3.31. The van der Waals surface area contributed by atoms with Crippen LogP contribution in [0.5, 0.6) is 23.0 Å². The van der Waals surface area contributed by atoms with Crippen LogP contribution in [0.2, 0.25) is 0 Å². The molecule has 1 amide bonds. The summed E-state index contributed by atoms with van der Waals surface area (Å²) in [7, 11) is 3.15. The highest BCUT2D eigenvalue weighted by Crippen LogP contribution is 2.34. The number of anilines is 1. The number of fused-ring (bicyclic) bond motifs is 1. The van der Waals surface area contributed by atoms with Crippen LogP contribution in [0.3, 0.4) is 0 Å². The zero-order chi connectivity index (χ0) is 16.2. The van der Waals surface area contributed by atoms with Crippen LogP contribution >= 0.6 is 0 Å². The lowest BCUT2D eigenvalue weighted by atomic mass is 10.1. The van der Waals surface area contributed by atoms with Crippen molar-refractivity contribution in [1.82, 2.24) is 0 Å². The minimum atomic E-state index is -0.146. The number of hydrogen-bond donors (Lipinski definition) is 1. The van der Waals surface area contributed by atoms with E-state index in [0.29, 0.717) is 28.7 Å². The lowest BCUT2D eigenvalue weighted by Crippen LogP contribution is -2.14. The second-order valence-corrected chi connectivity index (χ2v) is 4.97. The van der Waals surface area contributed by atoms with Gasteiger partial charge in [0.1, 0.15) is 11.5 Å². The summed E-state index contributed by atoms with van der Waals surface area (Å²) in [6, 6.07) is 10.7. The summed E-state index contributed by atoms with van der Waals surface area (Å²) >= 11 is 0. The topological polar surface area (TPSA) is 66.0 Å². The van der Waals surface area contributed by atoms with Crippen molar-refractivity contribution >= 4 is 11.6 Å². The van der Waals surface area contributed by atoms with Gasteiger partial charge < -0.3 is 24.3 Å². The van der Waals surface area contributed by atoms with Gasteiger partial charge in [0.15, 0.2) is 11.5 Å². The van der Waals surface area contributed by atoms with Gasteiger partial charge in [-0.3, -0.25) is 4.79 Å². The van der Waals surface area contributed by atoms with Gasteiger partial charge in [0.2, 0.25) is 12.7 Å². The Labute approximate surface area is 133 Å². The number of hydrogen-bond acceptors (Lipinski definition) is 5. The molecule has 1 aliphatic heterocycles. The quantitative estimate of drug-likeness (QED) is 0.919. The third-order valence-corrected chi connectivity index (χ3v) is 3.50. The average molecular weight is 315 g/mol. The van der Waals surface area contributed by atoms with Gasteiger partial charge in [-0.2, -0.15) is 0 Å². The van der Waals surface area contributed by atoms with Gasteiger partial charge in [-0.25, -0.2) is 0 Å². The van der Waals surface area contributed by atoms with Crippen LogP contribution in [0.4, 0.5) is 5.69 Å². The van der Waals surface area contributed by atoms with Crippen LogP contribution in [0.1, 0.15) is 5.56 Å². The van der Waals surface area contributed by atoms with Crippen LogP contribution in [-0.4, -0.2) is 26.9 Å². The van der Waals surface area contributed by atoms with E-state index in [1.165, 1.54) is 0 Å². The molecule has 1 N–H and O–H groups in total. The maximum Gasteiger partial charge on any atom is 0.231 e. The molecule has 6 heteroatoms. The molecule has 2 aromatic rings. The second kappa shape index (κ2) is 6.48. The van der Waals surface area contributed by atoms with Crippen molar-refractivity contribution in [2.75, 3.05) is 26.3 Å². The maximum absolute atomic E-state index is 12.2. The molecule has 23 heavy (non-hydrogen) atoms. The van der Waals surface area contributed by atoms with E-state index >= 15 is 0 Å².